The summed E-state index contributed by atoms with van der Waals surface area (Å²) in [6, 6.07) is 21.8. The normalized spacial score (nSPS) is 35.7. The summed E-state index contributed by atoms with van der Waals surface area (Å²) in [5, 5.41) is 97.8. The van der Waals surface area contributed by atoms with Gasteiger partial charge in [-0.3, -0.25) is 45.2 Å². The number of benzene rings is 3. The number of phosphoric acid groups is 5. The Morgan fingerprint density at radius 1 is 0.352 bits per heavy atom. The Kier molecular flexibility index (Phi) is 50.4. The lowest BCUT2D eigenvalue weighted by molar-refractivity contribution is -0.129. The van der Waals surface area contributed by atoms with E-state index in [0.717, 1.165) is 65.7 Å². The van der Waals surface area contributed by atoms with Gasteiger partial charge in [-0.05, 0) is 272 Å². The molecule has 0 spiro atoms. The van der Waals surface area contributed by atoms with Crippen LogP contribution in [0.2, 0.25) is 0 Å². The molecule has 5 heterocycles. The minimum absolute atomic E-state index is 0.000975. The van der Waals surface area contributed by atoms with Gasteiger partial charge < -0.3 is 109 Å². The van der Waals surface area contributed by atoms with Crippen molar-refractivity contribution in [3.05, 3.63) is 95.1 Å². The Hall–Kier alpha value is -2.47. The maximum absolute atomic E-state index is 12.8. The molecule has 42 heteroatoms. The fraction of sp³-hybridized carbons (Fsp3) is 0.825. The van der Waals surface area contributed by atoms with Crippen LogP contribution in [0.1, 0.15) is 275 Å². The molecule has 13 rings (SSSR count). The van der Waals surface area contributed by atoms with Crippen molar-refractivity contribution in [2.24, 2.45) is 75.9 Å². The summed E-state index contributed by atoms with van der Waals surface area (Å²) < 4.78 is 153. The van der Waals surface area contributed by atoms with Crippen LogP contribution in [0.25, 0.3) is 11.1 Å². The molecule has 145 heavy (non-hydrogen) atoms. The highest BCUT2D eigenvalue weighted by molar-refractivity contribution is 7.48. The standard InChI is InChI=1S/C33H59O7P.C23H31O7P.C17H27O7P.C15H31O9P.C15H29O7P/c1-20(2)18-29-31(30(35)22(4)39-29)40-41(36,37)38-17-7-8-21(3)26-11-12-27-25-10-9-23-19-24(34)13-15-32(23,5)28(25)14-16-33(26,27)6;1-15(2)12-21-23(22(25)16(3)29-21)30-31(26,27)28-14-18-6-10-20(11-7-18)19-8-4-17(13-24)5-9-19;1-11(2)8-15-17(16(19)12(3)23-15)24-25(20,21)22-10-14-6-4-13(9-18)5-7-14;1-11(2)10-13-15(14(17)12(3)23-13)24-25(18,19)22-9-8-21-7-6-20-5-4-16;1-9(2)8-13-15(14(17)10(3)20-13)22-23(18,19)21-12-6-4-11(16)5-7-12/h20-31,34-35H,7-19H2,1-6H3,(H,36,37);4-11,15-16,21-25H,12-14H2,1-3H3,(H,26,27);4-7,11-12,15-19H,8-10H2,1-3H3,(H,20,21);11-17H,4-10H2,1-3H3,(H,18,19);9-17H,4-8H2,1-3H3,(H,18,19)/t21-,22+,23?,24-,25+,26-,27+,28+,29-,30+,31-,32+,33-;16-,21+,22-,23+;12-,15+,16-,17+;12-,13+,14-,15+;10-,11?,12?,13+,14-,15+/m10000/s1. The molecule has 0 radical (unpaired) electrons. The number of fused-ring (bicyclic) bond motifs is 5. The molecule has 3 aromatic carbocycles. The van der Waals surface area contributed by atoms with Crippen molar-refractivity contribution in [3.8, 4) is 11.1 Å². The number of hydrogen-bond acceptors (Lipinski definition) is 32. The predicted octanol–water partition coefficient (Wildman–Crippen LogP) is 16.2. The van der Waals surface area contributed by atoms with Crippen molar-refractivity contribution in [1.29, 1.82) is 0 Å². The molecule has 5 saturated heterocycles. The predicted molar refractivity (Wildman–Crippen MR) is 542 cm³/mol. The summed E-state index contributed by atoms with van der Waals surface area (Å²) in [4.78, 5) is 50.5. The Balaban J connectivity index is 0.000000206. The number of hydrogen-bond donors (Lipinski definition) is 15. The molecule has 10 aliphatic rings. The zero-order chi connectivity index (χ0) is 107. The number of aliphatic hydroxyl groups is 10. The Morgan fingerprint density at radius 2 is 0.683 bits per heavy atom. The van der Waals surface area contributed by atoms with E-state index in [1.165, 1.54) is 44.9 Å². The second kappa shape index (κ2) is 58.0. The fourth-order valence-corrected chi connectivity index (χ4v) is 28.0. The van der Waals surface area contributed by atoms with Gasteiger partial charge in [0.2, 0.25) is 0 Å². The first-order valence-corrected chi connectivity index (χ1v) is 60.2. The van der Waals surface area contributed by atoms with Gasteiger partial charge in [0.25, 0.3) is 0 Å². The fourth-order valence-electron chi connectivity index (χ4n) is 23.0. The van der Waals surface area contributed by atoms with Crippen molar-refractivity contribution in [2.75, 3.05) is 46.2 Å². The van der Waals surface area contributed by atoms with E-state index < -0.39 is 167 Å². The van der Waals surface area contributed by atoms with Gasteiger partial charge in [0, 0.05) is 0 Å². The maximum Gasteiger partial charge on any atom is 0.472 e. The van der Waals surface area contributed by atoms with Crippen LogP contribution in [-0.4, -0.2) is 262 Å². The van der Waals surface area contributed by atoms with E-state index in [9.17, 15) is 83.0 Å². The van der Waals surface area contributed by atoms with E-state index in [2.05, 4.69) is 34.6 Å². The number of phosphoric ester groups is 5. The highest BCUT2D eigenvalue weighted by Crippen LogP contribution is 2.69. The minimum atomic E-state index is -4.39. The van der Waals surface area contributed by atoms with E-state index in [1.807, 2.05) is 104 Å². The quantitative estimate of drug-likeness (QED) is 0.0184. The lowest BCUT2D eigenvalue weighted by atomic mass is 9.44. The lowest BCUT2D eigenvalue weighted by Gasteiger charge is -2.61. The van der Waals surface area contributed by atoms with Gasteiger partial charge in [-0.1, -0.05) is 163 Å². The molecule has 836 valence electrons. The van der Waals surface area contributed by atoms with E-state index in [1.54, 1.807) is 58.9 Å². The summed E-state index contributed by atoms with van der Waals surface area (Å²) in [7, 11) is -21.7. The second-order valence-corrected chi connectivity index (χ2v) is 51.3. The Labute approximate surface area is 859 Å². The third-order valence-corrected chi connectivity index (χ3v) is 35.6. The van der Waals surface area contributed by atoms with Crippen molar-refractivity contribution < 1.29 is 177 Å². The van der Waals surface area contributed by atoms with Gasteiger partial charge in [0.15, 0.2) is 0 Å². The van der Waals surface area contributed by atoms with Crippen LogP contribution in [0, 0.1) is 75.9 Å². The highest BCUT2D eigenvalue weighted by atomic mass is 31.2. The second-order valence-electron chi connectivity index (χ2n) is 44.3. The zero-order valence-electron chi connectivity index (χ0n) is 88.4. The topological polar surface area (TPSA) is 546 Å². The van der Waals surface area contributed by atoms with Crippen LogP contribution >= 0.6 is 39.1 Å². The molecular weight excluding hydrogens is 1980 g/mol. The monoisotopic (exact) mass is 2160 g/mol. The molecule has 0 aromatic heterocycles. The Morgan fingerprint density at radius 3 is 1.06 bits per heavy atom. The van der Waals surface area contributed by atoms with E-state index >= 15 is 0 Å². The SMILES string of the molecule is CC(C)C[C@H]1O[C@@H](C)[C@H](O)[C@@H]1OP(=O)(O)OC1CCC(O)CC1.CC(C)C[C@H]1O[C@@H](C)[C@H](O)[C@@H]1OP(=O)(O)OCCC[C@@H](C)[C@H]1CC[C@H]2[C@@H]3CCC4C[C@H](O)CC[C@]4(C)[C@H]3CC[C@]12C.CC(C)C[C@H]1O[C@@H](C)[C@H](O)[C@@H]1OP(=O)(O)OCCOCCOCCO.CC(C)C[C@H]1O[C@@H](C)[C@H](O)[C@@H]1OP(=O)(O)OCc1ccc(-c2ccc(CO)cc2)cc1.CC(C)C[C@H]1O[C@@H](C)[C@H](O)[C@@H]1OP(=O)(O)OCc1ccc(CO)cc1. The summed E-state index contributed by atoms with van der Waals surface area (Å²) in [6.45, 7) is 36.9. The average molecular weight is 2160 g/mol. The molecule has 34 atom stereocenters. The van der Waals surface area contributed by atoms with Crippen molar-refractivity contribution >= 4 is 39.1 Å². The number of rotatable bonds is 46. The highest BCUT2D eigenvalue weighted by Gasteiger charge is 2.62. The van der Waals surface area contributed by atoms with Crippen LogP contribution in [0.15, 0.2) is 72.8 Å². The molecule has 5 saturated carbocycles. The van der Waals surface area contributed by atoms with E-state index in [-0.39, 0.29) is 96.0 Å². The van der Waals surface area contributed by atoms with Crippen LogP contribution in [-0.2, 0) is 128 Å². The van der Waals surface area contributed by atoms with Gasteiger partial charge in [0.05, 0.1) is 152 Å². The Bertz CT molecular complexity index is 4490. The molecule has 15 N–H and O–H groups in total. The number of ether oxygens (including phenoxy) is 7. The lowest BCUT2D eigenvalue weighted by Crippen LogP contribution is -2.54. The van der Waals surface area contributed by atoms with Gasteiger partial charge in [-0.15, -0.1) is 0 Å². The first-order valence-electron chi connectivity index (χ1n) is 52.7. The number of aliphatic hydroxyl groups excluding tert-OH is 10. The summed E-state index contributed by atoms with van der Waals surface area (Å²) in [5.41, 5.74) is 5.75. The van der Waals surface area contributed by atoms with Crippen LogP contribution < -0.4 is 0 Å². The van der Waals surface area contributed by atoms with Crippen LogP contribution in [0.5, 0.6) is 0 Å². The van der Waals surface area contributed by atoms with Crippen molar-refractivity contribution in [1.82, 2.24) is 0 Å². The van der Waals surface area contributed by atoms with Gasteiger partial charge in [-0.2, -0.15) is 0 Å². The molecule has 5 aliphatic carbocycles. The molecule has 6 unspecified atom stereocenters. The van der Waals surface area contributed by atoms with Gasteiger partial charge in [0.1, 0.15) is 61.0 Å². The van der Waals surface area contributed by atoms with Gasteiger partial charge >= 0.3 is 39.1 Å². The molecule has 10 fully saturated rings. The van der Waals surface area contributed by atoms with Gasteiger partial charge in [-0.25, -0.2) is 22.8 Å². The van der Waals surface area contributed by atoms with Crippen LogP contribution in [0.4, 0.5) is 0 Å². The molecular formula is C103H177O37P5. The summed E-state index contributed by atoms with van der Waals surface area (Å²) in [5.74, 6) is 5.88. The van der Waals surface area contributed by atoms with E-state index in [0.29, 0.717) is 116 Å². The molecule has 0 amide bonds. The zero-order valence-corrected chi connectivity index (χ0v) is 92.9. The summed E-state index contributed by atoms with van der Waals surface area (Å²) in [6.07, 6.45) is 3.25. The van der Waals surface area contributed by atoms with E-state index in [4.69, 9.17) is 93.7 Å². The largest absolute Gasteiger partial charge is 0.472 e. The van der Waals surface area contributed by atoms with Crippen LogP contribution in [0.3, 0.4) is 0 Å². The maximum atomic E-state index is 12.8. The average Bonchev–Trinajstić information content (AvgIpc) is 1.63. The summed E-state index contributed by atoms with van der Waals surface area (Å²) >= 11 is 0. The molecule has 37 nitrogen and oxygen atoms in total. The van der Waals surface area contributed by atoms with Crippen molar-refractivity contribution in [2.45, 2.75) is 420 Å². The minimum Gasteiger partial charge on any atom is -0.394 e. The smallest absolute Gasteiger partial charge is 0.394 e. The third kappa shape index (κ3) is 38.2. The molecule has 5 aliphatic heterocycles. The first-order chi connectivity index (χ1) is 68.1. The third-order valence-electron chi connectivity index (χ3n) is 30.6. The molecule has 0 bridgehead atoms. The van der Waals surface area contributed by atoms with Crippen molar-refractivity contribution in [3.63, 3.8) is 0 Å². The first kappa shape index (κ1) is 126. The molecule has 3 aromatic rings.